The molecule has 1 aromatic carbocycles. The molecular formula is C16H27NO4. The van der Waals surface area contributed by atoms with Gasteiger partial charge in [-0.15, -0.1) is 0 Å². The maximum Gasteiger partial charge on any atom is 0.119 e. The first-order chi connectivity index (χ1) is 10.2. The average molecular weight is 297 g/mol. The summed E-state index contributed by atoms with van der Waals surface area (Å²) in [5.41, 5.74) is 1.17. The number of ether oxygens (including phenoxy) is 3. The van der Waals surface area contributed by atoms with Crippen LogP contribution in [0.3, 0.4) is 0 Å². The van der Waals surface area contributed by atoms with Gasteiger partial charge in [0.2, 0.25) is 0 Å². The van der Waals surface area contributed by atoms with Crippen LogP contribution < -0.4 is 10.1 Å². The first-order valence-corrected chi connectivity index (χ1v) is 7.38. The van der Waals surface area contributed by atoms with Crippen LogP contribution in [0.5, 0.6) is 5.75 Å². The van der Waals surface area contributed by atoms with Gasteiger partial charge in [-0.1, -0.05) is 19.1 Å². The van der Waals surface area contributed by atoms with Crippen molar-refractivity contribution in [3.63, 3.8) is 0 Å². The van der Waals surface area contributed by atoms with E-state index in [2.05, 4.69) is 25.2 Å². The van der Waals surface area contributed by atoms with E-state index < -0.39 is 6.10 Å². The minimum Gasteiger partial charge on any atom is -0.491 e. The highest BCUT2D eigenvalue weighted by molar-refractivity contribution is 5.30. The fourth-order valence-corrected chi connectivity index (χ4v) is 1.90. The van der Waals surface area contributed by atoms with Gasteiger partial charge in [-0.05, 0) is 31.2 Å². The van der Waals surface area contributed by atoms with Crippen LogP contribution >= 0.6 is 0 Å². The van der Waals surface area contributed by atoms with E-state index in [1.165, 1.54) is 5.56 Å². The maximum absolute atomic E-state index is 9.77. The smallest absolute Gasteiger partial charge is 0.119 e. The fourth-order valence-electron chi connectivity index (χ4n) is 1.90. The molecule has 0 saturated heterocycles. The summed E-state index contributed by atoms with van der Waals surface area (Å²) in [6.45, 7) is 6.58. The van der Waals surface area contributed by atoms with Crippen molar-refractivity contribution >= 4 is 0 Å². The molecule has 0 aliphatic heterocycles. The molecule has 2 atom stereocenters. The number of hydrogen-bond acceptors (Lipinski definition) is 5. The van der Waals surface area contributed by atoms with Gasteiger partial charge in [0.05, 0.1) is 19.8 Å². The topological polar surface area (TPSA) is 60.0 Å². The zero-order valence-electron chi connectivity index (χ0n) is 13.2. The molecule has 5 heteroatoms. The maximum atomic E-state index is 9.77. The Morgan fingerprint density at radius 1 is 1.24 bits per heavy atom. The van der Waals surface area contributed by atoms with E-state index >= 15 is 0 Å². The molecule has 0 bridgehead atoms. The summed E-state index contributed by atoms with van der Waals surface area (Å²) in [5.74, 6) is 0.758. The second-order valence-corrected chi connectivity index (χ2v) is 4.88. The van der Waals surface area contributed by atoms with Crippen molar-refractivity contribution in [3.8, 4) is 5.75 Å². The number of nitrogens with one attached hydrogen (secondary N) is 1. The molecule has 0 aliphatic carbocycles. The monoisotopic (exact) mass is 297 g/mol. The molecule has 0 amide bonds. The number of methoxy groups -OCH3 is 1. The van der Waals surface area contributed by atoms with Gasteiger partial charge in [0.1, 0.15) is 18.5 Å². The van der Waals surface area contributed by atoms with E-state index in [1.807, 2.05) is 18.2 Å². The number of rotatable bonds is 11. The number of benzene rings is 1. The van der Waals surface area contributed by atoms with Crippen molar-refractivity contribution in [2.45, 2.75) is 26.0 Å². The van der Waals surface area contributed by atoms with Crippen LogP contribution in [0.4, 0.5) is 0 Å². The van der Waals surface area contributed by atoms with Crippen LogP contribution in [0.2, 0.25) is 0 Å². The molecule has 0 heterocycles. The van der Waals surface area contributed by atoms with Crippen molar-refractivity contribution in [1.29, 1.82) is 0 Å². The highest BCUT2D eigenvalue weighted by Gasteiger charge is 2.08. The Balaban J connectivity index is 2.35. The predicted molar refractivity (Wildman–Crippen MR) is 82.7 cm³/mol. The minimum atomic E-state index is -0.642. The standard InChI is InChI=1S/C16H27NO4/c1-4-17-13(2)14-6-5-7-16(10-14)21-12-15(18)11-20-9-8-19-3/h5-7,10,13,15,17-18H,4,8-9,11-12H2,1-3H3. The van der Waals surface area contributed by atoms with E-state index in [9.17, 15) is 5.11 Å². The fraction of sp³-hybridized carbons (Fsp3) is 0.625. The number of aliphatic hydroxyl groups is 1. The molecule has 0 fully saturated rings. The molecule has 0 radical (unpaired) electrons. The lowest BCUT2D eigenvalue weighted by Gasteiger charge is -2.16. The third-order valence-corrected chi connectivity index (χ3v) is 3.05. The molecule has 1 rings (SSSR count). The molecule has 0 saturated carbocycles. The van der Waals surface area contributed by atoms with Crippen LogP contribution in [0.15, 0.2) is 24.3 Å². The van der Waals surface area contributed by atoms with Crippen molar-refractivity contribution < 1.29 is 19.3 Å². The van der Waals surface area contributed by atoms with Gasteiger partial charge in [0, 0.05) is 13.2 Å². The number of aliphatic hydroxyl groups excluding tert-OH is 1. The molecule has 5 nitrogen and oxygen atoms in total. The number of hydrogen-bond donors (Lipinski definition) is 2. The second kappa shape index (κ2) is 10.6. The van der Waals surface area contributed by atoms with Crippen molar-refractivity contribution in [3.05, 3.63) is 29.8 Å². The lowest BCUT2D eigenvalue weighted by molar-refractivity contribution is -0.00420. The van der Waals surface area contributed by atoms with Gasteiger partial charge < -0.3 is 24.6 Å². The average Bonchev–Trinajstić information content (AvgIpc) is 2.50. The normalized spacial score (nSPS) is 13.9. The first kappa shape index (κ1) is 17.9. The van der Waals surface area contributed by atoms with Gasteiger partial charge in [-0.3, -0.25) is 0 Å². The van der Waals surface area contributed by atoms with Gasteiger partial charge in [-0.2, -0.15) is 0 Å². The molecule has 21 heavy (non-hydrogen) atoms. The Labute approximate surface area is 127 Å². The zero-order valence-corrected chi connectivity index (χ0v) is 13.2. The Bertz CT molecular complexity index is 386. The highest BCUT2D eigenvalue weighted by Crippen LogP contribution is 2.19. The van der Waals surface area contributed by atoms with Crippen LogP contribution in [0.25, 0.3) is 0 Å². The highest BCUT2D eigenvalue weighted by atomic mass is 16.5. The molecule has 0 spiro atoms. The summed E-state index contributed by atoms with van der Waals surface area (Å²) >= 11 is 0. The Hall–Kier alpha value is -1.14. The van der Waals surface area contributed by atoms with E-state index in [0.717, 1.165) is 12.3 Å². The van der Waals surface area contributed by atoms with Crippen molar-refractivity contribution in [1.82, 2.24) is 5.32 Å². The van der Waals surface area contributed by atoms with Gasteiger partial charge in [0.25, 0.3) is 0 Å². The molecule has 1 aromatic rings. The van der Waals surface area contributed by atoms with Crippen LogP contribution in [0.1, 0.15) is 25.5 Å². The lowest BCUT2D eigenvalue weighted by atomic mass is 10.1. The van der Waals surface area contributed by atoms with Crippen LogP contribution in [-0.4, -0.2) is 51.3 Å². The molecule has 2 N–H and O–H groups in total. The summed E-state index contributed by atoms with van der Waals surface area (Å²) in [5, 5.41) is 13.1. The Morgan fingerprint density at radius 2 is 2.05 bits per heavy atom. The Kier molecular flexibility index (Phi) is 9.01. The summed E-state index contributed by atoms with van der Waals surface area (Å²) in [4.78, 5) is 0. The SMILES string of the molecule is CCNC(C)c1cccc(OCC(O)COCCOC)c1. The minimum absolute atomic E-state index is 0.214. The summed E-state index contributed by atoms with van der Waals surface area (Å²) in [6.07, 6.45) is -0.642. The van der Waals surface area contributed by atoms with Gasteiger partial charge >= 0.3 is 0 Å². The molecular weight excluding hydrogens is 270 g/mol. The largest absolute Gasteiger partial charge is 0.491 e. The molecule has 2 unspecified atom stereocenters. The Morgan fingerprint density at radius 3 is 2.76 bits per heavy atom. The molecule has 120 valence electrons. The van der Waals surface area contributed by atoms with Crippen LogP contribution in [-0.2, 0) is 9.47 Å². The van der Waals surface area contributed by atoms with Gasteiger partial charge in [-0.25, -0.2) is 0 Å². The third-order valence-electron chi connectivity index (χ3n) is 3.05. The quantitative estimate of drug-likeness (QED) is 0.610. The predicted octanol–water partition coefficient (Wildman–Crippen LogP) is 1.76. The van der Waals surface area contributed by atoms with Gasteiger partial charge in [0.15, 0.2) is 0 Å². The van der Waals surface area contributed by atoms with E-state index in [-0.39, 0.29) is 19.3 Å². The summed E-state index contributed by atoms with van der Waals surface area (Å²) in [6, 6.07) is 8.18. The van der Waals surface area contributed by atoms with E-state index in [1.54, 1.807) is 7.11 Å². The molecule has 0 aromatic heterocycles. The first-order valence-electron chi connectivity index (χ1n) is 7.38. The van der Waals surface area contributed by atoms with E-state index in [4.69, 9.17) is 14.2 Å². The summed E-state index contributed by atoms with van der Waals surface area (Å²) in [7, 11) is 1.62. The van der Waals surface area contributed by atoms with Crippen LogP contribution in [0, 0.1) is 0 Å². The van der Waals surface area contributed by atoms with Crippen molar-refractivity contribution in [2.75, 3.05) is 40.1 Å². The van der Waals surface area contributed by atoms with Crippen molar-refractivity contribution in [2.24, 2.45) is 0 Å². The zero-order chi connectivity index (χ0) is 15.5. The second-order valence-electron chi connectivity index (χ2n) is 4.88. The third kappa shape index (κ3) is 7.43. The summed E-state index contributed by atoms with van der Waals surface area (Å²) < 4.78 is 15.7. The molecule has 0 aliphatic rings. The lowest BCUT2D eigenvalue weighted by Crippen LogP contribution is -2.24. The van der Waals surface area contributed by atoms with E-state index in [0.29, 0.717) is 13.2 Å².